The molecular formula is C28H27N3O2S. The number of hydrogen-bond donors (Lipinski definition) is 0. The fraction of sp³-hybridized carbons (Fsp3) is 0.214. The second-order valence-electron chi connectivity index (χ2n) is 8.43. The number of nitrogens with zero attached hydrogens (tertiary/aromatic N) is 3. The topological polar surface area (TPSA) is 47.0 Å². The summed E-state index contributed by atoms with van der Waals surface area (Å²) in [4.78, 5) is 4.99. The summed E-state index contributed by atoms with van der Waals surface area (Å²) in [6, 6.07) is 22.9. The Balaban J connectivity index is 1.51. The average Bonchev–Trinajstić information content (AvgIpc) is 3.54. The lowest BCUT2D eigenvalue weighted by Crippen LogP contribution is -2.18. The zero-order valence-electron chi connectivity index (χ0n) is 19.8. The number of methoxy groups -OCH3 is 2. The van der Waals surface area contributed by atoms with Crippen molar-refractivity contribution in [3.63, 3.8) is 0 Å². The number of ether oxygens (including phenoxy) is 2. The Morgan fingerprint density at radius 3 is 2.12 bits per heavy atom. The highest BCUT2D eigenvalue weighted by Gasteiger charge is 2.32. The Labute approximate surface area is 204 Å². The number of anilines is 1. The summed E-state index contributed by atoms with van der Waals surface area (Å²) in [5.74, 6) is 1.68. The van der Waals surface area contributed by atoms with Gasteiger partial charge in [-0.3, -0.25) is 0 Å². The number of hydrazone groups is 1. The van der Waals surface area contributed by atoms with E-state index in [1.165, 1.54) is 16.7 Å². The minimum Gasteiger partial charge on any atom is -0.497 e. The van der Waals surface area contributed by atoms with Gasteiger partial charge in [0, 0.05) is 17.4 Å². The van der Waals surface area contributed by atoms with E-state index in [1.54, 1.807) is 25.6 Å². The van der Waals surface area contributed by atoms with Crippen molar-refractivity contribution in [1.29, 1.82) is 0 Å². The lowest BCUT2D eigenvalue weighted by molar-refractivity contribution is 0.414. The Hall–Kier alpha value is -3.64. The van der Waals surface area contributed by atoms with E-state index in [-0.39, 0.29) is 6.04 Å². The Kier molecular flexibility index (Phi) is 6.07. The van der Waals surface area contributed by atoms with Crippen LogP contribution in [-0.4, -0.2) is 24.9 Å². The number of benzene rings is 3. The largest absolute Gasteiger partial charge is 0.497 e. The molecule has 5 rings (SSSR count). The molecule has 3 aromatic carbocycles. The summed E-state index contributed by atoms with van der Waals surface area (Å²) in [5, 5.41) is 10.1. The fourth-order valence-electron chi connectivity index (χ4n) is 4.13. The van der Waals surface area contributed by atoms with Crippen LogP contribution in [0.4, 0.5) is 5.13 Å². The lowest BCUT2D eigenvalue weighted by Gasteiger charge is -2.21. The number of thiazole rings is 1. The average molecular weight is 470 g/mol. The van der Waals surface area contributed by atoms with Gasteiger partial charge in [-0.15, -0.1) is 11.3 Å². The molecule has 6 heteroatoms. The van der Waals surface area contributed by atoms with Crippen molar-refractivity contribution in [3.8, 4) is 22.8 Å². The molecule has 0 bridgehead atoms. The molecule has 1 aromatic heterocycles. The number of hydrogen-bond acceptors (Lipinski definition) is 6. The molecule has 0 N–H and O–H groups in total. The molecule has 2 heterocycles. The van der Waals surface area contributed by atoms with Gasteiger partial charge in [0.2, 0.25) is 5.13 Å². The third-order valence-electron chi connectivity index (χ3n) is 6.32. The normalized spacial score (nSPS) is 15.4. The van der Waals surface area contributed by atoms with Crippen LogP contribution in [0.15, 0.2) is 77.2 Å². The molecule has 0 unspecified atom stereocenters. The number of aryl methyl sites for hydroxylation is 2. The van der Waals surface area contributed by atoms with E-state index in [0.717, 1.165) is 45.6 Å². The van der Waals surface area contributed by atoms with E-state index < -0.39 is 0 Å². The molecule has 1 aliphatic heterocycles. The maximum Gasteiger partial charge on any atom is 0.207 e. The Morgan fingerprint density at radius 2 is 1.47 bits per heavy atom. The molecule has 0 spiro atoms. The number of rotatable bonds is 6. The van der Waals surface area contributed by atoms with Gasteiger partial charge >= 0.3 is 0 Å². The van der Waals surface area contributed by atoms with E-state index in [9.17, 15) is 0 Å². The highest BCUT2D eigenvalue weighted by atomic mass is 32.1. The van der Waals surface area contributed by atoms with Gasteiger partial charge in [0.15, 0.2) is 0 Å². The molecule has 1 aliphatic rings. The molecule has 4 aromatic rings. The van der Waals surface area contributed by atoms with Crippen LogP contribution >= 0.6 is 11.3 Å². The van der Waals surface area contributed by atoms with Crippen molar-refractivity contribution in [2.75, 3.05) is 19.2 Å². The highest BCUT2D eigenvalue weighted by molar-refractivity contribution is 7.14. The molecule has 5 nitrogen and oxygen atoms in total. The smallest absolute Gasteiger partial charge is 0.207 e. The first-order valence-corrected chi connectivity index (χ1v) is 12.1. The van der Waals surface area contributed by atoms with Crippen molar-refractivity contribution >= 4 is 22.2 Å². The zero-order chi connectivity index (χ0) is 23.7. The van der Waals surface area contributed by atoms with Crippen molar-refractivity contribution < 1.29 is 9.47 Å². The predicted octanol–water partition coefficient (Wildman–Crippen LogP) is 6.80. The summed E-state index contributed by atoms with van der Waals surface area (Å²) < 4.78 is 10.7. The molecule has 0 radical (unpaired) electrons. The third kappa shape index (κ3) is 4.29. The number of aromatic nitrogens is 1. The van der Waals surface area contributed by atoms with Gasteiger partial charge in [0.05, 0.1) is 31.7 Å². The molecular weight excluding hydrogens is 442 g/mol. The fourth-order valence-corrected chi connectivity index (χ4v) is 4.97. The minimum atomic E-state index is 0.0572. The van der Waals surface area contributed by atoms with Gasteiger partial charge < -0.3 is 9.47 Å². The van der Waals surface area contributed by atoms with E-state index in [0.29, 0.717) is 0 Å². The van der Waals surface area contributed by atoms with Crippen molar-refractivity contribution in [1.82, 2.24) is 4.98 Å². The second kappa shape index (κ2) is 9.31. The van der Waals surface area contributed by atoms with E-state index in [1.807, 2.05) is 24.3 Å². The van der Waals surface area contributed by atoms with Crippen LogP contribution in [0.3, 0.4) is 0 Å². The van der Waals surface area contributed by atoms with Gasteiger partial charge in [0.1, 0.15) is 11.5 Å². The standard InChI is InChI=1S/C28H27N3O2S/c1-18-5-6-22(15-19(18)2)26-17-34-28(29-26)31-27(21-9-13-24(33-4)14-10-21)16-25(30-31)20-7-11-23(32-3)12-8-20/h5-15,17,27H,16H2,1-4H3/t27-/m0/s1. The predicted molar refractivity (Wildman–Crippen MR) is 139 cm³/mol. The van der Waals surface area contributed by atoms with Gasteiger partial charge in [-0.05, 0) is 78.6 Å². The van der Waals surface area contributed by atoms with Crippen LogP contribution in [0.5, 0.6) is 11.5 Å². The summed E-state index contributed by atoms with van der Waals surface area (Å²) >= 11 is 1.62. The van der Waals surface area contributed by atoms with Crippen molar-refractivity contribution in [2.24, 2.45) is 5.10 Å². The second-order valence-corrected chi connectivity index (χ2v) is 9.26. The molecule has 1 atom stereocenters. The first-order chi connectivity index (χ1) is 16.6. The van der Waals surface area contributed by atoms with Gasteiger partial charge in [-0.25, -0.2) is 9.99 Å². The Morgan fingerprint density at radius 1 is 0.824 bits per heavy atom. The first-order valence-electron chi connectivity index (χ1n) is 11.2. The van der Waals surface area contributed by atoms with Gasteiger partial charge in [-0.2, -0.15) is 5.10 Å². The first kappa shape index (κ1) is 22.2. The molecule has 0 saturated heterocycles. The molecule has 172 valence electrons. The van der Waals surface area contributed by atoms with Gasteiger partial charge in [0.25, 0.3) is 0 Å². The summed E-state index contributed by atoms with van der Waals surface area (Å²) in [6.07, 6.45) is 0.789. The van der Waals surface area contributed by atoms with Crippen molar-refractivity contribution in [3.05, 3.63) is 94.4 Å². The van der Waals surface area contributed by atoms with Crippen LogP contribution in [0.25, 0.3) is 11.3 Å². The van der Waals surface area contributed by atoms with Crippen LogP contribution in [0, 0.1) is 13.8 Å². The van der Waals surface area contributed by atoms with Crippen LogP contribution < -0.4 is 14.5 Å². The Bertz CT molecular complexity index is 1330. The monoisotopic (exact) mass is 469 g/mol. The van der Waals surface area contributed by atoms with E-state index >= 15 is 0 Å². The maximum atomic E-state index is 5.36. The van der Waals surface area contributed by atoms with E-state index in [4.69, 9.17) is 19.6 Å². The summed E-state index contributed by atoms with van der Waals surface area (Å²) in [6.45, 7) is 4.27. The van der Waals surface area contributed by atoms with Crippen LogP contribution in [-0.2, 0) is 0 Å². The molecule has 0 amide bonds. The molecule has 34 heavy (non-hydrogen) atoms. The molecule has 0 saturated carbocycles. The van der Waals surface area contributed by atoms with Gasteiger partial charge in [-0.1, -0.05) is 24.3 Å². The third-order valence-corrected chi connectivity index (χ3v) is 7.16. The maximum absolute atomic E-state index is 5.36. The lowest BCUT2D eigenvalue weighted by atomic mass is 9.98. The molecule has 0 aliphatic carbocycles. The summed E-state index contributed by atoms with van der Waals surface area (Å²) in [7, 11) is 3.37. The zero-order valence-corrected chi connectivity index (χ0v) is 20.6. The highest BCUT2D eigenvalue weighted by Crippen LogP contribution is 2.40. The quantitative estimate of drug-likeness (QED) is 0.312. The molecule has 0 fully saturated rings. The van der Waals surface area contributed by atoms with Crippen LogP contribution in [0.2, 0.25) is 0 Å². The van der Waals surface area contributed by atoms with E-state index in [2.05, 4.69) is 66.7 Å². The SMILES string of the molecule is COc1ccc(C2=NN(c3nc(-c4ccc(C)c(C)c4)cs3)[C@H](c3ccc(OC)cc3)C2)cc1. The summed E-state index contributed by atoms with van der Waals surface area (Å²) in [5.41, 5.74) is 7.96. The minimum absolute atomic E-state index is 0.0572. The van der Waals surface area contributed by atoms with Crippen LogP contribution in [0.1, 0.15) is 34.7 Å². The van der Waals surface area contributed by atoms with Crippen molar-refractivity contribution in [2.45, 2.75) is 26.3 Å².